The Morgan fingerprint density at radius 1 is 1.14 bits per heavy atom. The Morgan fingerprint density at radius 3 is 2.57 bits per heavy atom. The van der Waals surface area contributed by atoms with E-state index in [1.165, 1.54) is 5.56 Å². The van der Waals surface area contributed by atoms with Gasteiger partial charge in [-0.1, -0.05) is 42.8 Å². The minimum absolute atomic E-state index is 0.105. The average Bonchev–Trinajstić information content (AvgIpc) is 2.44. The predicted molar refractivity (Wildman–Crippen MR) is 88.4 cm³/mol. The van der Waals surface area contributed by atoms with E-state index in [0.29, 0.717) is 18.7 Å². The van der Waals surface area contributed by atoms with Crippen molar-refractivity contribution in [1.29, 1.82) is 0 Å². The Kier molecular flexibility index (Phi) is 4.99. The smallest absolute Gasteiger partial charge is 0.231 e. The van der Waals surface area contributed by atoms with Crippen molar-refractivity contribution < 1.29 is 4.79 Å². The molecular formula is C18H22N2O. The summed E-state index contributed by atoms with van der Waals surface area (Å²) >= 11 is 0. The molecule has 0 aromatic heterocycles. The summed E-state index contributed by atoms with van der Waals surface area (Å²) in [6.07, 6.45) is 1.32. The van der Waals surface area contributed by atoms with Crippen molar-refractivity contribution in [2.45, 2.75) is 26.7 Å². The number of hydrogen-bond acceptors (Lipinski definition) is 2. The molecule has 21 heavy (non-hydrogen) atoms. The molecule has 0 fully saturated rings. The highest BCUT2D eigenvalue weighted by atomic mass is 16.2. The fourth-order valence-corrected chi connectivity index (χ4v) is 2.41. The maximum absolute atomic E-state index is 12.6. The van der Waals surface area contributed by atoms with Crippen LogP contribution in [-0.4, -0.2) is 12.5 Å². The third-order valence-corrected chi connectivity index (χ3v) is 3.37. The van der Waals surface area contributed by atoms with Gasteiger partial charge in [0.2, 0.25) is 5.91 Å². The SMILES string of the molecule is CCCN(C(=O)Cc1cccc(C)c1)c1cccc(N)c1. The second kappa shape index (κ2) is 6.93. The van der Waals surface area contributed by atoms with E-state index in [4.69, 9.17) is 5.73 Å². The average molecular weight is 282 g/mol. The molecule has 0 unspecified atom stereocenters. The first-order chi connectivity index (χ1) is 10.1. The highest BCUT2D eigenvalue weighted by molar-refractivity contribution is 5.95. The molecule has 2 rings (SSSR count). The summed E-state index contributed by atoms with van der Waals surface area (Å²) in [5.41, 5.74) is 9.59. The maximum atomic E-state index is 12.6. The van der Waals surface area contributed by atoms with Crippen molar-refractivity contribution in [3.05, 3.63) is 59.7 Å². The van der Waals surface area contributed by atoms with Crippen molar-refractivity contribution in [2.24, 2.45) is 0 Å². The number of carbonyl (C=O) groups is 1. The fraction of sp³-hybridized carbons (Fsp3) is 0.278. The monoisotopic (exact) mass is 282 g/mol. The van der Waals surface area contributed by atoms with Crippen LogP contribution in [-0.2, 0) is 11.2 Å². The van der Waals surface area contributed by atoms with Crippen LogP contribution in [0.1, 0.15) is 24.5 Å². The van der Waals surface area contributed by atoms with Crippen LogP contribution in [0.2, 0.25) is 0 Å². The molecular weight excluding hydrogens is 260 g/mol. The van der Waals surface area contributed by atoms with Crippen molar-refractivity contribution in [2.75, 3.05) is 17.2 Å². The topological polar surface area (TPSA) is 46.3 Å². The van der Waals surface area contributed by atoms with Crippen LogP contribution in [0.15, 0.2) is 48.5 Å². The summed E-state index contributed by atoms with van der Waals surface area (Å²) in [4.78, 5) is 14.4. The fourth-order valence-electron chi connectivity index (χ4n) is 2.41. The van der Waals surface area contributed by atoms with E-state index in [-0.39, 0.29) is 5.91 Å². The van der Waals surface area contributed by atoms with Crippen molar-refractivity contribution in [1.82, 2.24) is 0 Å². The molecule has 0 radical (unpaired) electrons. The number of carbonyl (C=O) groups excluding carboxylic acids is 1. The van der Waals surface area contributed by atoms with Gasteiger partial charge in [0.25, 0.3) is 0 Å². The third kappa shape index (κ3) is 4.09. The number of nitrogens with zero attached hydrogens (tertiary/aromatic N) is 1. The Morgan fingerprint density at radius 2 is 1.90 bits per heavy atom. The molecule has 0 aliphatic carbocycles. The largest absolute Gasteiger partial charge is 0.399 e. The first-order valence-corrected chi connectivity index (χ1v) is 7.31. The third-order valence-electron chi connectivity index (χ3n) is 3.37. The van der Waals surface area contributed by atoms with Gasteiger partial charge in [-0.15, -0.1) is 0 Å². The van der Waals surface area contributed by atoms with Crippen LogP contribution < -0.4 is 10.6 Å². The highest BCUT2D eigenvalue weighted by Gasteiger charge is 2.15. The lowest BCUT2D eigenvalue weighted by atomic mass is 10.1. The molecule has 0 aliphatic heterocycles. The molecule has 2 N–H and O–H groups in total. The molecule has 0 saturated carbocycles. The van der Waals surface area contributed by atoms with Crippen molar-refractivity contribution in [3.8, 4) is 0 Å². The van der Waals surface area contributed by atoms with Gasteiger partial charge in [-0.3, -0.25) is 4.79 Å². The number of benzene rings is 2. The van der Waals surface area contributed by atoms with E-state index >= 15 is 0 Å². The molecule has 0 bridgehead atoms. The van der Waals surface area contributed by atoms with Crippen molar-refractivity contribution in [3.63, 3.8) is 0 Å². The van der Waals surface area contributed by atoms with Gasteiger partial charge in [0.15, 0.2) is 0 Å². The quantitative estimate of drug-likeness (QED) is 0.852. The van der Waals surface area contributed by atoms with E-state index in [1.807, 2.05) is 54.3 Å². The maximum Gasteiger partial charge on any atom is 0.231 e. The van der Waals surface area contributed by atoms with Gasteiger partial charge >= 0.3 is 0 Å². The molecule has 0 atom stereocenters. The molecule has 2 aromatic carbocycles. The van der Waals surface area contributed by atoms with Crippen LogP contribution >= 0.6 is 0 Å². The standard InChI is InChI=1S/C18H22N2O/c1-3-10-20(17-9-5-8-16(19)13-17)18(21)12-15-7-4-6-14(2)11-15/h4-9,11,13H,3,10,12,19H2,1-2H3. The summed E-state index contributed by atoms with van der Waals surface area (Å²) in [7, 11) is 0. The normalized spacial score (nSPS) is 10.4. The Labute approximate surface area is 126 Å². The number of nitrogens with two attached hydrogens (primary N) is 1. The highest BCUT2D eigenvalue weighted by Crippen LogP contribution is 2.19. The van der Waals surface area contributed by atoms with Crippen LogP contribution in [0.4, 0.5) is 11.4 Å². The second-order valence-electron chi connectivity index (χ2n) is 5.31. The molecule has 3 heteroatoms. The number of hydrogen-bond donors (Lipinski definition) is 1. The van der Waals surface area contributed by atoms with Gasteiger partial charge < -0.3 is 10.6 Å². The number of aryl methyl sites for hydroxylation is 1. The second-order valence-corrected chi connectivity index (χ2v) is 5.31. The summed E-state index contributed by atoms with van der Waals surface area (Å²) in [5, 5.41) is 0. The van der Waals surface area contributed by atoms with Gasteiger partial charge in [0.1, 0.15) is 0 Å². The van der Waals surface area contributed by atoms with Gasteiger partial charge in [0, 0.05) is 17.9 Å². The number of rotatable bonds is 5. The van der Waals surface area contributed by atoms with Gasteiger partial charge in [-0.05, 0) is 37.1 Å². The van der Waals surface area contributed by atoms with Crippen LogP contribution in [0, 0.1) is 6.92 Å². The van der Waals surface area contributed by atoms with Crippen molar-refractivity contribution >= 4 is 17.3 Å². The molecule has 0 aliphatic rings. The van der Waals surface area contributed by atoms with E-state index in [0.717, 1.165) is 17.7 Å². The van der Waals surface area contributed by atoms with Crippen LogP contribution in [0.5, 0.6) is 0 Å². The lowest BCUT2D eigenvalue weighted by Gasteiger charge is -2.23. The zero-order valence-corrected chi connectivity index (χ0v) is 12.7. The zero-order chi connectivity index (χ0) is 15.2. The Hall–Kier alpha value is -2.29. The summed E-state index contributed by atoms with van der Waals surface area (Å²) in [6, 6.07) is 15.6. The van der Waals surface area contributed by atoms with E-state index < -0.39 is 0 Å². The summed E-state index contributed by atoms with van der Waals surface area (Å²) in [5.74, 6) is 0.105. The Bertz CT molecular complexity index is 622. The first kappa shape index (κ1) is 15.1. The van der Waals surface area contributed by atoms with Gasteiger partial charge in [0.05, 0.1) is 6.42 Å². The molecule has 0 spiro atoms. The zero-order valence-electron chi connectivity index (χ0n) is 12.7. The van der Waals surface area contributed by atoms with Crippen LogP contribution in [0.25, 0.3) is 0 Å². The summed E-state index contributed by atoms with van der Waals surface area (Å²) in [6.45, 7) is 4.81. The number of anilines is 2. The lowest BCUT2D eigenvalue weighted by Crippen LogP contribution is -2.33. The molecule has 110 valence electrons. The predicted octanol–water partition coefficient (Wildman–Crippen LogP) is 3.56. The minimum atomic E-state index is 0.105. The minimum Gasteiger partial charge on any atom is -0.399 e. The lowest BCUT2D eigenvalue weighted by molar-refractivity contribution is -0.118. The van der Waals surface area contributed by atoms with Gasteiger partial charge in [-0.2, -0.15) is 0 Å². The van der Waals surface area contributed by atoms with Crippen LogP contribution in [0.3, 0.4) is 0 Å². The molecule has 0 saturated heterocycles. The molecule has 3 nitrogen and oxygen atoms in total. The Balaban J connectivity index is 2.19. The van der Waals surface area contributed by atoms with E-state index in [9.17, 15) is 4.79 Å². The van der Waals surface area contributed by atoms with E-state index in [2.05, 4.69) is 13.0 Å². The molecule has 2 aromatic rings. The van der Waals surface area contributed by atoms with Gasteiger partial charge in [-0.25, -0.2) is 0 Å². The number of amides is 1. The molecule has 0 heterocycles. The number of nitrogen functional groups attached to an aromatic ring is 1. The van der Waals surface area contributed by atoms with E-state index in [1.54, 1.807) is 0 Å². The molecule has 1 amide bonds. The first-order valence-electron chi connectivity index (χ1n) is 7.31. The summed E-state index contributed by atoms with van der Waals surface area (Å²) < 4.78 is 0.